The third kappa shape index (κ3) is 5.32. The Morgan fingerprint density at radius 1 is 1.32 bits per heavy atom. The van der Waals surface area contributed by atoms with Gasteiger partial charge in [0.1, 0.15) is 4.49 Å². The minimum Gasteiger partial charge on any atom is -0.353 e. The lowest BCUT2D eigenvalue weighted by Crippen LogP contribution is -2.29. The number of aromatic amines is 2. The van der Waals surface area contributed by atoms with Gasteiger partial charge < -0.3 is 10.3 Å². The number of H-pyrrole nitrogens is 2. The molecule has 1 rings (SSSR count). The maximum absolute atomic E-state index is 11.5. The monoisotopic (exact) mass is 305 g/mol. The van der Waals surface area contributed by atoms with Crippen molar-refractivity contribution in [2.45, 2.75) is 19.8 Å². The highest BCUT2D eigenvalue weighted by atomic mass is 35.5. The first-order valence-corrected chi connectivity index (χ1v) is 6.25. The van der Waals surface area contributed by atoms with Gasteiger partial charge in [0, 0.05) is 24.2 Å². The van der Waals surface area contributed by atoms with E-state index in [2.05, 4.69) is 15.3 Å². The topological polar surface area (TPSA) is 94.8 Å². The molecule has 0 unspecified atom stereocenters. The molecule has 1 aromatic rings. The fourth-order valence-electron chi connectivity index (χ4n) is 1.50. The molecular weight excluding hydrogens is 293 g/mol. The zero-order valence-electron chi connectivity index (χ0n) is 10.2. The van der Waals surface area contributed by atoms with Crippen molar-refractivity contribution < 1.29 is 4.79 Å². The molecule has 0 saturated heterocycles. The van der Waals surface area contributed by atoms with Crippen LogP contribution in [-0.4, -0.2) is 22.4 Å². The molecule has 1 aromatic heterocycles. The third-order valence-corrected chi connectivity index (χ3v) is 2.72. The van der Waals surface area contributed by atoms with Crippen LogP contribution in [0.5, 0.6) is 0 Å². The highest BCUT2D eigenvalue weighted by molar-refractivity contribution is 6.55. The standard InChI is InChI=1S/C11H13Cl2N3O3/c1-6-7(10(18)16-11(19)15-6)2-3-9(17)14-5-4-8(12)13/h4H,2-3,5H2,1H3,(H,14,17)(H2,15,16,18,19). The average molecular weight is 306 g/mol. The molecule has 0 aliphatic rings. The molecule has 0 aliphatic heterocycles. The maximum Gasteiger partial charge on any atom is 0.325 e. The summed E-state index contributed by atoms with van der Waals surface area (Å²) in [6, 6.07) is 0. The second-order valence-corrected chi connectivity index (χ2v) is 4.82. The summed E-state index contributed by atoms with van der Waals surface area (Å²) in [5.41, 5.74) is -0.179. The number of hydrogen-bond acceptors (Lipinski definition) is 3. The SMILES string of the molecule is Cc1[nH]c(=O)[nH]c(=O)c1CCC(=O)NCC=C(Cl)Cl. The minimum atomic E-state index is -0.558. The number of hydrogen-bond donors (Lipinski definition) is 3. The number of halogens is 2. The van der Waals surface area contributed by atoms with E-state index in [1.807, 2.05) is 0 Å². The lowest BCUT2D eigenvalue weighted by molar-refractivity contribution is -0.120. The lowest BCUT2D eigenvalue weighted by Gasteiger charge is -2.04. The van der Waals surface area contributed by atoms with Crippen LogP contribution >= 0.6 is 23.2 Å². The summed E-state index contributed by atoms with van der Waals surface area (Å²) < 4.78 is 0.0771. The summed E-state index contributed by atoms with van der Waals surface area (Å²) >= 11 is 10.8. The Hall–Kier alpha value is -1.53. The van der Waals surface area contributed by atoms with Crippen molar-refractivity contribution in [3.8, 4) is 0 Å². The molecule has 1 heterocycles. The van der Waals surface area contributed by atoms with Crippen LogP contribution in [0.15, 0.2) is 20.2 Å². The molecule has 8 heteroatoms. The fraction of sp³-hybridized carbons (Fsp3) is 0.364. The molecule has 0 aliphatic carbocycles. The Morgan fingerprint density at radius 2 is 2.00 bits per heavy atom. The summed E-state index contributed by atoms with van der Waals surface area (Å²) in [4.78, 5) is 38.6. The minimum absolute atomic E-state index is 0.0771. The van der Waals surface area contributed by atoms with Crippen molar-refractivity contribution in [3.05, 3.63) is 42.7 Å². The van der Waals surface area contributed by atoms with E-state index in [1.54, 1.807) is 6.92 Å². The number of rotatable bonds is 5. The average Bonchev–Trinajstić information content (AvgIpc) is 2.26. The zero-order valence-corrected chi connectivity index (χ0v) is 11.7. The Kier molecular flexibility index (Phi) is 5.85. The van der Waals surface area contributed by atoms with Gasteiger partial charge in [-0.2, -0.15) is 0 Å². The number of aromatic nitrogens is 2. The van der Waals surface area contributed by atoms with E-state index >= 15 is 0 Å². The van der Waals surface area contributed by atoms with E-state index in [-0.39, 0.29) is 29.8 Å². The summed E-state index contributed by atoms with van der Waals surface area (Å²) in [5, 5.41) is 2.57. The van der Waals surface area contributed by atoms with E-state index in [0.717, 1.165) is 0 Å². The molecule has 0 fully saturated rings. The molecule has 0 atom stereocenters. The van der Waals surface area contributed by atoms with Crippen molar-refractivity contribution in [2.24, 2.45) is 0 Å². The van der Waals surface area contributed by atoms with Crippen LogP contribution in [0.25, 0.3) is 0 Å². The summed E-state index contributed by atoms with van der Waals surface area (Å²) in [6.45, 7) is 1.84. The first-order valence-electron chi connectivity index (χ1n) is 5.50. The first kappa shape index (κ1) is 15.5. The van der Waals surface area contributed by atoms with E-state index < -0.39 is 11.2 Å². The van der Waals surface area contributed by atoms with E-state index in [9.17, 15) is 14.4 Å². The second-order valence-electron chi connectivity index (χ2n) is 3.81. The van der Waals surface area contributed by atoms with Gasteiger partial charge in [0.05, 0.1) is 0 Å². The van der Waals surface area contributed by atoms with Crippen LogP contribution in [0.1, 0.15) is 17.7 Å². The quantitative estimate of drug-likeness (QED) is 0.749. The maximum atomic E-state index is 11.5. The summed E-state index contributed by atoms with van der Waals surface area (Å²) in [6.07, 6.45) is 1.81. The van der Waals surface area contributed by atoms with Crippen molar-refractivity contribution in [2.75, 3.05) is 6.54 Å². The largest absolute Gasteiger partial charge is 0.353 e. The normalized spacial score (nSPS) is 10.1. The smallest absolute Gasteiger partial charge is 0.325 e. The van der Waals surface area contributed by atoms with Crippen molar-refractivity contribution in [1.29, 1.82) is 0 Å². The molecule has 0 bridgehead atoms. The van der Waals surface area contributed by atoms with Gasteiger partial charge in [-0.3, -0.25) is 14.6 Å². The molecule has 0 spiro atoms. The molecule has 3 N–H and O–H groups in total. The van der Waals surface area contributed by atoms with Crippen LogP contribution < -0.4 is 16.6 Å². The zero-order chi connectivity index (χ0) is 14.4. The van der Waals surface area contributed by atoms with Gasteiger partial charge in [-0.1, -0.05) is 23.2 Å². The lowest BCUT2D eigenvalue weighted by atomic mass is 10.1. The van der Waals surface area contributed by atoms with Gasteiger partial charge >= 0.3 is 5.69 Å². The molecule has 0 aromatic carbocycles. The Labute approximate surface area is 118 Å². The fourth-order valence-corrected chi connectivity index (χ4v) is 1.65. The summed E-state index contributed by atoms with van der Waals surface area (Å²) in [5.74, 6) is -0.240. The van der Waals surface area contributed by atoms with Gasteiger partial charge in [-0.05, 0) is 19.4 Å². The van der Waals surface area contributed by atoms with E-state index in [1.165, 1.54) is 6.08 Å². The van der Waals surface area contributed by atoms with Crippen molar-refractivity contribution in [3.63, 3.8) is 0 Å². The summed E-state index contributed by atoms with van der Waals surface area (Å²) in [7, 11) is 0. The van der Waals surface area contributed by atoms with Crippen molar-refractivity contribution in [1.82, 2.24) is 15.3 Å². The molecule has 0 saturated carbocycles. The second kappa shape index (κ2) is 7.16. The molecule has 1 amide bonds. The van der Waals surface area contributed by atoms with Crippen LogP contribution in [-0.2, 0) is 11.2 Å². The third-order valence-electron chi connectivity index (χ3n) is 2.41. The highest BCUT2D eigenvalue weighted by Crippen LogP contribution is 2.04. The number of aryl methyl sites for hydroxylation is 1. The Balaban J connectivity index is 2.58. The number of carbonyl (C=O) groups is 1. The van der Waals surface area contributed by atoms with Crippen LogP contribution in [0.2, 0.25) is 0 Å². The van der Waals surface area contributed by atoms with Crippen LogP contribution in [0, 0.1) is 6.92 Å². The molecule has 6 nitrogen and oxygen atoms in total. The van der Waals surface area contributed by atoms with Crippen LogP contribution in [0.4, 0.5) is 0 Å². The number of nitrogens with one attached hydrogen (secondary N) is 3. The van der Waals surface area contributed by atoms with Gasteiger partial charge in [-0.15, -0.1) is 0 Å². The van der Waals surface area contributed by atoms with Crippen LogP contribution in [0.3, 0.4) is 0 Å². The van der Waals surface area contributed by atoms with E-state index in [4.69, 9.17) is 23.2 Å². The Bertz CT molecular complexity index is 600. The van der Waals surface area contributed by atoms with Gasteiger partial charge in [0.15, 0.2) is 0 Å². The molecule has 19 heavy (non-hydrogen) atoms. The molecule has 0 radical (unpaired) electrons. The Morgan fingerprint density at radius 3 is 2.58 bits per heavy atom. The van der Waals surface area contributed by atoms with E-state index in [0.29, 0.717) is 11.3 Å². The highest BCUT2D eigenvalue weighted by Gasteiger charge is 2.08. The predicted octanol–water partition coefficient (Wildman–Crippen LogP) is 0.739. The number of carbonyl (C=O) groups excluding carboxylic acids is 1. The molecular formula is C11H13Cl2N3O3. The van der Waals surface area contributed by atoms with Gasteiger partial charge in [0.2, 0.25) is 5.91 Å². The van der Waals surface area contributed by atoms with Gasteiger partial charge in [-0.25, -0.2) is 4.79 Å². The van der Waals surface area contributed by atoms with Gasteiger partial charge in [0.25, 0.3) is 5.56 Å². The van der Waals surface area contributed by atoms with Crippen molar-refractivity contribution >= 4 is 29.1 Å². The number of amides is 1. The predicted molar refractivity (Wildman–Crippen MR) is 73.5 cm³/mol. The molecule has 104 valence electrons. The first-order chi connectivity index (χ1) is 8.90.